The van der Waals surface area contributed by atoms with Crippen molar-refractivity contribution in [3.05, 3.63) is 65.0 Å². The van der Waals surface area contributed by atoms with Crippen LogP contribution >= 0.6 is 24.8 Å². The third-order valence-electron chi connectivity index (χ3n) is 4.44. The summed E-state index contributed by atoms with van der Waals surface area (Å²) in [5, 5.41) is 6.04. The van der Waals surface area contributed by atoms with Crippen molar-refractivity contribution in [3.8, 4) is 0 Å². The highest BCUT2D eigenvalue weighted by Gasteiger charge is 2.36. The van der Waals surface area contributed by atoms with E-state index in [1.807, 2.05) is 13.8 Å². The first-order chi connectivity index (χ1) is 13.0. The minimum Gasteiger partial charge on any atom is -0.350 e. The van der Waals surface area contributed by atoms with Crippen molar-refractivity contribution in [2.45, 2.75) is 26.4 Å². The van der Waals surface area contributed by atoms with Gasteiger partial charge in [0.2, 0.25) is 0 Å². The van der Waals surface area contributed by atoms with Crippen molar-refractivity contribution in [1.29, 1.82) is 0 Å². The van der Waals surface area contributed by atoms with Gasteiger partial charge in [0, 0.05) is 30.5 Å². The van der Waals surface area contributed by atoms with Crippen molar-refractivity contribution >= 4 is 42.5 Å². The number of nitrogens with one attached hydrogen (secondary N) is 2. The summed E-state index contributed by atoms with van der Waals surface area (Å²) >= 11 is 0. The number of rotatable bonds is 7. The number of halogens is 2. The molecule has 156 valence electrons. The zero-order chi connectivity index (χ0) is 19.4. The predicted molar refractivity (Wildman–Crippen MR) is 115 cm³/mol. The topological polar surface area (TPSA) is 91.4 Å². The maximum Gasteiger partial charge on any atom is 0.261 e. The molecule has 29 heavy (non-hydrogen) atoms. The van der Waals surface area contributed by atoms with E-state index in [2.05, 4.69) is 15.6 Å². The first-order valence-electron chi connectivity index (χ1n) is 8.92. The van der Waals surface area contributed by atoms with E-state index in [-0.39, 0.29) is 60.7 Å². The van der Waals surface area contributed by atoms with Crippen LogP contribution in [0.25, 0.3) is 0 Å². The van der Waals surface area contributed by atoms with Crippen molar-refractivity contribution in [2.24, 2.45) is 0 Å². The standard InChI is InChI=1S/C20H22N4O3.2ClH/c1-3-22-13(2)11-23-18(25)15-4-5-16-17(10-15)20(27)24(19(16)26)12-14-6-8-21-9-7-14;;/h4-10,13,22H,3,11-12H2,1-2H3,(H,23,25);2*1H/t13-;;/m1../s1. The molecule has 0 spiro atoms. The summed E-state index contributed by atoms with van der Waals surface area (Å²) < 4.78 is 0. The van der Waals surface area contributed by atoms with Gasteiger partial charge in [0.1, 0.15) is 0 Å². The second-order valence-electron chi connectivity index (χ2n) is 6.48. The lowest BCUT2D eigenvalue weighted by atomic mass is 10.1. The molecule has 0 saturated carbocycles. The minimum atomic E-state index is -0.387. The molecule has 2 aromatic rings. The Balaban J connectivity index is 0.00000210. The van der Waals surface area contributed by atoms with E-state index >= 15 is 0 Å². The highest BCUT2D eigenvalue weighted by molar-refractivity contribution is 6.22. The van der Waals surface area contributed by atoms with E-state index in [4.69, 9.17) is 0 Å². The molecular weight excluding hydrogens is 415 g/mol. The van der Waals surface area contributed by atoms with Gasteiger partial charge >= 0.3 is 0 Å². The summed E-state index contributed by atoms with van der Waals surface area (Å²) in [4.78, 5) is 42.7. The molecule has 0 saturated heterocycles. The third-order valence-corrected chi connectivity index (χ3v) is 4.44. The number of aromatic nitrogens is 1. The van der Waals surface area contributed by atoms with Crippen LogP contribution in [0.5, 0.6) is 0 Å². The Labute approximate surface area is 182 Å². The molecule has 0 unspecified atom stereocenters. The second kappa shape index (κ2) is 10.9. The van der Waals surface area contributed by atoms with Crippen LogP contribution in [-0.4, -0.2) is 46.7 Å². The molecule has 3 rings (SSSR count). The lowest BCUT2D eigenvalue weighted by Crippen LogP contribution is -2.38. The number of carbonyl (C=O) groups is 3. The van der Waals surface area contributed by atoms with Crippen LogP contribution in [0.3, 0.4) is 0 Å². The maximum absolute atomic E-state index is 12.7. The average molecular weight is 439 g/mol. The zero-order valence-electron chi connectivity index (χ0n) is 16.2. The molecule has 2 heterocycles. The first kappa shape index (κ1) is 24.6. The molecule has 7 nitrogen and oxygen atoms in total. The number of likely N-dealkylation sites (N-methyl/N-ethyl adjacent to an activating group) is 1. The first-order valence-corrected chi connectivity index (χ1v) is 8.92. The molecule has 3 amide bonds. The van der Waals surface area contributed by atoms with Crippen LogP contribution in [0, 0.1) is 0 Å². The van der Waals surface area contributed by atoms with Crippen LogP contribution in [0.1, 0.15) is 50.5 Å². The summed E-state index contributed by atoms with van der Waals surface area (Å²) in [7, 11) is 0. The smallest absolute Gasteiger partial charge is 0.261 e. The van der Waals surface area contributed by atoms with Crippen molar-refractivity contribution in [3.63, 3.8) is 0 Å². The lowest BCUT2D eigenvalue weighted by molar-refractivity contribution is 0.0642. The lowest BCUT2D eigenvalue weighted by Gasteiger charge is -2.13. The fraction of sp³-hybridized carbons (Fsp3) is 0.300. The SMILES string of the molecule is CCN[C@H](C)CNC(=O)c1ccc2c(c1)C(=O)N(Cc1ccncc1)C2=O.Cl.Cl. The molecular formula is C20H24Cl2N4O3. The van der Waals surface area contributed by atoms with Gasteiger partial charge in [-0.25, -0.2) is 0 Å². The van der Waals surface area contributed by atoms with E-state index in [9.17, 15) is 14.4 Å². The van der Waals surface area contributed by atoms with E-state index in [1.165, 1.54) is 11.0 Å². The highest BCUT2D eigenvalue weighted by Crippen LogP contribution is 2.25. The van der Waals surface area contributed by atoms with Gasteiger partial charge in [-0.3, -0.25) is 24.3 Å². The number of benzene rings is 1. The molecule has 0 radical (unpaired) electrons. The van der Waals surface area contributed by atoms with Crippen LogP contribution < -0.4 is 10.6 Å². The molecule has 9 heteroatoms. The molecule has 1 aliphatic heterocycles. The predicted octanol–water partition coefficient (Wildman–Crippen LogP) is 2.45. The van der Waals surface area contributed by atoms with Crippen molar-refractivity contribution < 1.29 is 14.4 Å². The van der Waals surface area contributed by atoms with Crippen LogP contribution in [-0.2, 0) is 6.54 Å². The average Bonchev–Trinajstić information content (AvgIpc) is 2.91. The largest absolute Gasteiger partial charge is 0.350 e. The number of carbonyl (C=O) groups excluding carboxylic acids is 3. The molecule has 0 fully saturated rings. The minimum absolute atomic E-state index is 0. The van der Waals surface area contributed by atoms with E-state index in [0.29, 0.717) is 17.7 Å². The van der Waals surface area contributed by atoms with Gasteiger partial charge in [-0.05, 0) is 49.4 Å². The number of nitrogens with zero attached hydrogens (tertiary/aromatic N) is 2. The Morgan fingerprint density at radius 3 is 2.38 bits per heavy atom. The summed E-state index contributed by atoms with van der Waals surface area (Å²) in [6.45, 7) is 5.45. The van der Waals surface area contributed by atoms with E-state index in [0.717, 1.165) is 12.1 Å². The fourth-order valence-corrected chi connectivity index (χ4v) is 3.01. The molecule has 1 aromatic carbocycles. The Morgan fingerprint density at radius 1 is 1.07 bits per heavy atom. The number of hydrogen-bond acceptors (Lipinski definition) is 5. The summed E-state index contributed by atoms with van der Waals surface area (Å²) in [5.74, 6) is -1.00. The number of hydrogen-bond donors (Lipinski definition) is 2. The van der Waals surface area contributed by atoms with Gasteiger partial charge < -0.3 is 10.6 Å². The Morgan fingerprint density at radius 2 is 1.72 bits per heavy atom. The van der Waals surface area contributed by atoms with Gasteiger partial charge in [-0.1, -0.05) is 6.92 Å². The quantitative estimate of drug-likeness (QED) is 0.647. The number of imide groups is 1. The van der Waals surface area contributed by atoms with E-state index < -0.39 is 0 Å². The van der Waals surface area contributed by atoms with Crippen LogP contribution in [0.2, 0.25) is 0 Å². The molecule has 0 aliphatic carbocycles. The molecule has 1 atom stereocenters. The molecule has 1 aliphatic rings. The van der Waals surface area contributed by atoms with E-state index in [1.54, 1.807) is 36.7 Å². The number of pyridine rings is 1. The normalized spacial score (nSPS) is 13.2. The van der Waals surface area contributed by atoms with Gasteiger partial charge in [0.15, 0.2) is 0 Å². The van der Waals surface area contributed by atoms with Gasteiger partial charge in [0.05, 0.1) is 17.7 Å². The molecule has 0 bridgehead atoms. The highest BCUT2D eigenvalue weighted by atomic mass is 35.5. The zero-order valence-corrected chi connectivity index (χ0v) is 17.8. The van der Waals surface area contributed by atoms with Gasteiger partial charge in [-0.2, -0.15) is 0 Å². The monoisotopic (exact) mass is 438 g/mol. The Kier molecular flexibility index (Phi) is 9.23. The van der Waals surface area contributed by atoms with Crippen LogP contribution in [0.4, 0.5) is 0 Å². The Bertz CT molecular complexity index is 877. The van der Waals surface area contributed by atoms with Gasteiger partial charge in [-0.15, -0.1) is 24.8 Å². The van der Waals surface area contributed by atoms with Crippen molar-refractivity contribution in [2.75, 3.05) is 13.1 Å². The van der Waals surface area contributed by atoms with Crippen LogP contribution in [0.15, 0.2) is 42.7 Å². The fourth-order valence-electron chi connectivity index (χ4n) is 3.01. The van der Waals surface area contributed by atoms with Gasteiger partial charge in [0.25, 0.3) is 17.7 Å². The van der Waals surface area contributed by atoms with Crippen molar-refractivity contribution in [1.82, 2.24) is 20.5 Å². The summed E-state index contributed by atoms with van der Waals surface area (Å²) in [6, 6.07) is 8.28. The second-order valence-corrected chi connectivity index (χ2v) is 6.48. The molecule has 1 aromatic heterocycles. The summed E-state index contributed by atoms with van der Waals surface area (Å²) in [5.41, 5.74) is 1.77. The summed E-state index contributed by atoms with van der Waals surface area (Å²) in [6.07, 6.45) is 3.23. The number of amides is 3. The Hall–Kier alpha value is -2.48. The number of fused-ring (bicyclic) bond motifs is 1. The molecule has 2 N–H and O–H groups in total. The third kappa shape index (κ3) is 5.53. The maximum atomic E-state index is 12.7.